The van der Waals surface area contributed by atoms with E-state index in [1.807, 2.05) is 28.0 Å². The summed E-state index contributed by atoms with van der Waals surface area (Å²) in [4.78, 5) is 16.4. The second-order valence-electron chi connectivity index (χ2n) is 5.46. The SMILES string of the molecule is O=C(CN1CC[C@H](O)C1)N1CCCc2ccccc21. The zero-order chi connectivity index (χ0) is 13.2. The number of para-hydroxylation sites is 1. The molecule has 0 aromatic heterocycles. The van der Waals surface area contributed by atoms with Gasteiger partial charge in [-0.2, -0.15) is 0 Å². The van der Waals surface area contributed by atoms with Crippen molar-refractivity contribution in [3.63, 3.8) is 0 Å². The van der Waals surface area contributed by atoms with E-state index in [-0.39, 0.29) is 12.0 Å². The average molecular weight is 260 g/mol. The number of aliphatic hydroxyl groups excluding tert-OH is 1. The molecular weight excluding hydrogens is 240 g/mol. The van der Waals surface area contributed by atoms with Gasteiger partial charge < -0.3 is 10.0 Å². The van der Waals surface area contributed by atoms with Crippen molar-refractivity contribution in [3.8, 4) is 0 Å². The molecule has 1 fully saturated rings. The lowest BCUT2D eigenvalue weighted by molar-refractivity contribution is -0.119. The molecule has 2 aliphatic heterocycles. The molecule has 4 heteroatoms. The Balaban J connectivity index is 1.71. The molecule has 0 bridgehead atoms. The van der Waals surface area contributed by atoms with Crippen LogP contribution in [0, 0.1) is 0 Å². The monoisotopic (exact) mass is 260 g/mol. The van der Waals surface area contributed by atoms with Crippen LogP contribution in [0.15, 0.2) is 24.3 Å². The Kier molecular flexibility index (Phi) is 3.53. The number of benzene rings is 1. The lowest BCUT2D eigenvalue weighted by Gasteiger charge is -2.30. The maximum atomic E-state index is 12.4. The van der Waals surface area contributed by atoms with Crippen molar-refractivity contribution >= 4 is 11.6 Å². The first-order valence-electron chi connectivity index (χ1n) is 7.03. The minimum Gasteiger partial charge on any atom is -0.392 e. The molecule has 1 saturated heterocycles. The van der Waals surface area contributed by atoms with Gasteiger partial charge in [0.1, 0.15) is 0 Å². The van der Waals surface area contributed by atoms with Gasteiger partial charge in [0.15, 0.2) is 0 Å². The number of likely N-dealkylation sites (tertiary alicyclic amines) is 1. The van der Waals surface area contributed by atoms with Crippen LogP contribution in [0.2, 0.25) is 0 Å². The molecule has 1 amide bonds. The van der Waals surface area contributed by atoms with Crippen LogP contribution in [0.25, 0.3) is 0 Å². The number of amides is 1. The van der Waals surface area contributed by atoms with E-state index in [1.165, 1.54) is 5.56 Å². The van der Waals surface area contributed by atoms with Crippen LogP contribution < -0.4 is 4.90 Å². The van der Waals surface area contributed by atoms with Crippen LogP contribution in [0.5, 0.6) is 0 Å². The van der Waals surface area contributed by atoms with Gasteiger partial charge in [-0.1, -0.05) is 18.2 Å². The molecule has 102 valence electrons. The van der Waals surface area contributed by atoms with Crippen molar-refractivity contribution in [2.75, 3.05) is 31.1 Å². The summed E-state index contributed by atoms with van der Waals surface area (Å²) in [5, 5.41) is 9.51. The number of aliphatic hydroxyl groups is 1. The number of rotatable bonds is 2. The normalized spacial score (nSPS) is 23.4. The summed E-state index contributed by atoms with van der Waals surface area (Å²) >= 11 is 0. The van der Waals surface area contributed by atoms with Crippen LogP contribution in [0.3, 0.4) is 0 Å². The predicted molar refractivity (Wildman–Crippen MR) is 74.2 cm³/mol. The summed E-state index contributed by atoms with van der Waals surface area (Å²) in [6, 6.07) is 8.16. The third kappa shape index (κ3) is 2.65. The van der Waals surface area contributed by atoms with Gasteiger partial charge in [0, 0.05) is 25.3 Å². The van der Waals surface area contributed by atoms with Crippen molar-refractivity contribution in [2.45, 2.75) is 25.4 Å². The fourth-order valence-corrected chi connectivity index (χ4v) is 3.03. The second kappa shape index (κ2) is 5.31. The van der Waals surface area contributed by atoms with Gasteiger partial charge in [-0.15, -0.1) is 0 Å². The molecule has 0 saturated carbocycles. The first-order chi connectivity index (χ1) is 9.24. The summed E-state index contributed by atoms with van der Waals surface area (Å²) in [5.41, 5.74) is 2.34. The summed E-state index contributed by atoms with van der Waals surface area (Å²) < 4.78 is 0. The van der Waals surface area contributed by atoms with Crippen LogP contribution in [0.4, 0.5) is 5.69 Å². The number of aryl methyl sites for hydroxylation is 1. The highest BCUT2D eigenvalue weighted by Crippen LogP contribution is 2.26. The van der Waals surface area contributed by atoms with Crippen molar-refractivity contribution < 1.29 is 9.90 Å². The number of hydrogen-bond donors (Lipinski definition) is 1. The van der Waals surface area contributed by atoms with Gasteiger partial charge >= 0.3 is 0 Å². The number of β-amino-alcohol motifs (C(OH)–C–C–N with tert-alkyl or cyclic N) is 1. The largest absolute Gasteiger partial charge is 0.392 e. The Morgan fingerprint density at radius 3 is 2.95 bits per heavy atom. The molecule has 0 spiro atoms. The highest BCUT2D eigenvalue weighted by Gasteiger charge is 2.27. The van der Waals surface area contributed by atoms with E-state index >= 15 is 0 Å². The molecule has 0 aliphatic carbocycles. The lowest BCUT2D eigenvalue weighted by atomic mass is 10.0. The summed E-state index contributed by atoms with van der Waals surface area (Å²) in [6.45, 7) is 2.68. The Morgan fingerprint density at radius 1 is 1.32 bits per heavy atom. The van der Waals surface area contributed by atoms with Gasteiger partial charge in [-0.25, -0.2) is 0 Å². The minimum absolute atomic E-state index is 0.154. The highest BCUT2D eigenvalue weighted by atomic mass is 16.3. The molecule has 1 atom stereocenters. The maximum absolute atomic E-state index is 12.4. The van der Waals surface area contributed by atoms with Crippen LogP contribution >= 0.6 is 0 Å². The highest BCUT2D eigenvalue weighted by molar-refractivity contribution is 5.95. The molecule has 2 aliphatic rings. The summed E-state index contributed by atoms with van der Waals surface area (Å²) in [5.74, 6) is 0.154. The van der Waals surface area contributed by atoms with Crippen molar-refractivity contribution in [1.29, 1.82) is 0 Å². The molecule has 0 radical (unpaired) electrons. The molecule has 2 heterocycles. The first-order valence-corrected chi connectivity index (χ1v) is 7.03. The molecule has 4 nitrogen and oxygen atoms in total. The van der Waals surface area contributed by atoms with Crippen molar-refractivity contribution in [3.05, 3.63) is 29.8 Å². The predicted octanol–water partition coefficient (Wildman–Crippen LogP) is 1.03. The molecule has 1 N–H and O–H groups in total. The average Bonchev–Trinajstić information content (AvgIpc) is 2.83. The Morgan fingerprint density at radius 2 is 2.16 bits per heavy atom. The maximum Gasteiger partial charge on any atom is 0.241 e. The van der Waals surface area contributed by atoms with E-state index in [4.69, 9.17) is 0 Å². The summed E-state index contributed by atoms with van der Waals surface area (Å²) in [7, 11) is 0. The molecule has 1 aromatic rings. The Hall–Kier alpha value is -1.39. The quantitative estimate of drug-likeness (QED) is 0.864. The zero-order valence-electron chi connectivity index (χ0n) is 11.1. The van der Waals surface area contributed by atoms with Crippen molar-refractivity contribution in [1.82, 2.24) is 4.90 Å². The van der Waals surface area contributed by atoms with Gasteiger partial charge in [0.25, 0.3) is 0 Å². The fourth-order valence-electron chi connectivity index (χ4n) is 3.03. The minimum atomic E-state index is -0.263. The zero-order valence-corrected chi connectivity index (χ0v) is 11.1. The molecule has 0 unspecified atom stereocenters. The van der Waals surface area contributed by atoms with E-state index in [9.17, 15) is 9.90 Å². The first kappa shape index (κ1) is 12.6. The van der Waals surface area contributed by atoms with E-state index in [2.05, 4.69) is 6.07 Å². The van der Waals surface area contributed by atoms with E-state index in [1.54, 1.807) is 0 Å². The van der Waals surface area contributed by atoms with Crippen LogP contribution in [-0.2, 0) is 11.2 Å². The molecule has 3 rings (SSSR count). The smallest absolute Gasteiger partial charge is 0.241 e. The van der Waals surface area contributed by atoms with E-state index < -0.39 is 0 Å². The number of nitrogens with zero attached hydrogens (tertiary/aromatic N) is 2. The summed E-state index contributed by atoms with van der Waals surface area (Å²) in [6.07, 6.45) is 2.61. The third-order valence-corrected chi connectivity index (χ3v) is 4.02. The Labute approximate surface area is 113 Å². The van der Waals surface area contributed by atoms with Crippen molar-refractivity contribution in [2.24, 2.45) is 0 Å². The molecular formula is C15H20N2O2. The Bertz CT molecular complexity index is 475. The van der Waals surface area contributed by atoms with Crippen LogP contribution in [0.1, 0.15) is 18.4 Å². The topological polar surface area (TPSA) is 43.8 Å². The fraction of sp³-hybridized carbons (Fsp3) is 0.533. The number of hydrogen-bond acceptors (Lipinski definition) is 3. The molecule has 19 heavy (non-hydrogen) atoms. The van der Waals surface area contributed by atoms with Crippen LogP contribution in [-0.4, -0.2) is 48.2 Å². The number of fused-ring (bicyclic) bond motifs is 1. The standard InChI is InChI=1S/C15H20N2O2/c18-13-7-9-16(10-13)11-15(19)17-8-3-5-12-4-1-2-6-14(12)17/h1-2,4,6,13,18H,3,5,7-11H2/t13-/m0/s1. The van der Waals surface area contributed by atoms with Gasteiger partial charge in [-0.05, 0) is 30.9 Å². The number of anilines is 1. The second-order valence-corrected chi connectivity index (χ2v) is 5.46. The van der Waals surface area contributed by atoms with E-state index in [0.29, 0.717) is 13.1 Å². The number of carbonyl (C=O) groups is 1. The van der Waals surface area contributed by atoms with Gasteiger partial charge in [-0.3, -0.25) is 9.69 Å². The van der Waals surface area contributed by atoms with E-state index in [0.717, 1.165) is 38.0 Å². The third-order valence-electron chi connectivity index (χ3n) is 4.02. The van der Waals surface area contributed by atoms with Gasteiger partial charge in [0.05, 0.1) is 12.6 Å². The molecule has 1 aromatic carbocycles. The van der Waals surface area contributed by atoms with Gasteiger partial charge in [0.2, 0.25) is 5.91 Å². The lowest BCUT2D eigenvalue weighted by Crippen LogP contribution is -2.42. The number of carbonyl (C=O) groups excluding carboxylic acids is 1.